The Labute approximate surface area is 116 Å². The normalized spacial score (nSPS) is 12.2. The van der Waals surface area contributed by atoms with Crippen LogP contribution in [0.4, 0.5) is 5.69 Å². The first-order chi connectivity index (χ1) is 8.71. The number of ether oxygens (including phenoxy) is 1. The van der Waals surface area contributed by atoms with Gasteiger partial charge in [0.2, 0.25) is 0 Å². The second-order valence-electron chi connectivity index (χ2n) is 4.64. The van der Waals surface area contributed by atoms with Crippen LogP contribution in [0, 0.1) is 5.92 Å². The Balaban J connectivity index is 2.55. The van der Waals surface area contributed by atoms with Gasteiger partial charge in [-0.2, -0.15) is 0 Å². The summed E-state index contributed by atoms with van der Waals surface area (Å²) in [5.41, 5.74) is 0.964. The molecule has 18 heavy (non-hydrogen) atoms. The Morgan fingerprint density at radius 1 is 1.33 bits per heavy atom. The van der Waals surface area contributed by atoms with Crippen molar-refractivity contribution in [2.45, 2.75) is 39.5 Å². The van der Waals surface area contributed by atoms with Crippen LogP contribution in [0.5, 0.6) is 5.75 Å². The van der Waals surface area contributed by atoms with Gasteiger partial charge in [0.15, 0.2) is 0 Å². The summed E-state index contributed by atoms with van der Waals surface area (Å²) in [7, 11) is 1.67. The molecule has 0 saturated carbocycles. The van der Waals surface area contributed by atoms with Crippen LogP contribution in [0.15, 0.2) is 18.2 Å². The number of anilines is 1. The molecule has 1 aromatic carbocycles. The fraction of sp³-hybridized carbons (Fsp3) is 0.600. The summed E-state index contributed by atoms with van der Waals surface area (Å²) in [6.07, 6.45) is 5.04. The highest BCUT2D eigenvalue weighted by molar-refractivity contribution is 6.33. The average Bonchev–Trinajstić information content (AvgIpc) is 2.40. The lowest BCUT2D eigenvalue weighted by Gasteiger charge is -2.17. The third-order valence-corrected chi connectivity index (χ3v) is 3.63. The summed E-state index contributed by atoms with van der Waals surface area (Å²) in [6.45, 7) is 5.46. The third kappa shape index (κ3) is 4.77. The molecule has 1 rings (SSSR count). The van der Waals surface area contributed by atoms with Gasteiger partial charge in [-0.25, -0.2) is 0 Å². The second kappa shape index (κ2) is 8.25. The van der Waals surface area contributed by atoms with Crippen LogP contribution >= 0.6 is 11.6 Å². The van der Waals surface area contributed by atoms with Crippen LogP contribution in [-0.4, -0.2) is 13.7 Å². The van der Waals surface area contributed by atoms with Crippen molar-refractivity contribution in [3.8, 4) is 5.75 Å². The topological polar surface area (TPSA) is 21.3 Å². The highest BCUT2D eigenvalue weighted by Gasteiger charge is 2.07. The molecule has 1 N–H and O–H groups in total. The zero-order valence-corrected chi connectivity index (χ0v) is 12.4. The van der Waals surface area contributed by atoms with Crippen LogP contribution in [0.2, 0.25) is 5.02 Å². The number of hydrogen-bond acceptors (Lipinski definition) is 2. The third-order valence-electron chi connectivity index (χ3n) is 3.30. The summed E-state index contributed by atoms with van der Waals surface area (Å²) in [6, 6.07) is 5.70. The number of hydrogen-bond donors (Lipinski definition) is 1. The van der Waals surface area contributed by atoms with Crippen LogP contribution in [0.1, 0.15) is 39.5 Å². The van der Waals surface area contributed by atoms with Crippen molar-refractivity contribution in [3.05, 3.63) is 23.2 Å². The number of halogens is 1. The van der Waals surface area contributed by atoms with E-state index < -0.39 is 0 Å². The van der Waals surface area contributed by atoms with Gasteiger partial charge in [0, 0.05) is 12.6 Å². The summed E-state index contributed by atoms with van der Waals surface area (Å²) >= 11 is 6.17. The van der Waals surface area contributed by atoms with Gasteiger partial charge in [0.1, 0.15) is 5.75 Å². The monoisotopic (exact) mass is 269 g/mol. The molecule has 0 aliphatic heterocycles. The highest BCUT2D eigenvalue weighted by atomic mass is 35.5. The Morgan fingerprint density at radius 2 is 2.11 bits per heavy atom. The van der Waals surface area contributed by atoms with E-state index in [1.165, 1.54) is 25.7 Å². The molecular formula is C15H24ClNO. The van der Waals surface area contributed by atoms with E-state index in [1.807, 2.05) is 18.2 Å². The van der Waals surface area contributed by atoms with Gasteiger partial charge in [0.25, 0.3) is 0 Å². The summed E-state index contributed by atoms with van der Waals surface area (Å²) in [5, 5.41) is 4.19. The van der Waals surface area contributed by atoms with Crippen molar-refractivity contribution in [2.75, 3.05) is 19.0 Å². The van der Waals surface area contributed by atoms with E-state index in [0.717, 1.165) is 23.0 Å². The number of rotatable bonds is 8. The summed E-state index contributed by atoms with van der Waals surface area (Å²) in [4.78, 5) is 0. The lowest BCUT2D eigenvalue weighted by atomic mass is 9.99. The maximum absolute atomic E-state index is 6.17. The van der Waals surface area contributed by atoms with Crippen molar-refractivity contribution >= 4 is 17.3 Å². The molecule has 1 unspecified atom stereocenters. The first-order valence-electron chi connectivity index (χ1n) is 6.78. The Hall–Kier alpha value is -0.890. The van der Waals surface area contributed by atoms with Crippen molar-refractivity contribution in [1.82, 2.24) is 0 Å². The average molecular weight is 270 g/mol. The Kier molecular flexibility index (Phi) is 6.96. The predicted molar refractivity (Wildman–Crippen MR) is 79.8 cm³/mol. The molecule has 0 saturated heterocycles. The zero-order chi connectivity index (χ0) is 13.4. The fourth-order valence-electron chi connectivity index (χ4n) is 1.96. The number of benzene rings is 1. The van der Waals surface area contributed by atoms with E-state index in [2.05, 4.69) is 19.2 Å². The molecule has 3 heteroatoms. The SMILES string of the molecule is CCCCC(CC)CNc1cc(OC)ccc1Cl. The molecule has 1 atom stereocenters. The molecule has 0 bridgehead atoms. The first kappa shape index (κ1) is 15.2. The Morgan fingerprint density at radius 3 is 2.72 bits per heavy atom. The molecule has 102 valence electrons. The lowest BCUT2D eigenvalue weighted by Crippen LogP contribution is -2.13. The van der Waals surface area contributed by atoms with Crippen molar-refractivity contribution in [3.63, 3.8) is 0 Å². The van der Waals surface area contributed by atoms with E-state index >= 15 is 0 Å². The van der Waals surface area contributed by atoms with Crippen LogP contribution in [0.25, 0.3) is 0 Å². The minimum atomic E-state index is 0.715. The largest absolute Gasteiger partial charge is 0.497 e. The molecule has 0 fully saturated rings. The van der Waals surface area contributed by atoms with Gasteiger partial charge in [-0.15, -0.1) is 0 Å². The molecule has 0 spiro atoms. The van der Waals surface area contributed by atoms with Crippen LogP contribution < -0.4 is 10.1 Å². The van der Waals surface area contributed by atoms with Gasteiger partial charge in [-0.3, -0.25) is 0 Å². The Bertz CT molecular complexity index is 354. The molecule has 0 amide bonds. The van der Waals surface area contributed by atoms with E-state index in [-0.39, 0.29) is 0 Å². The molecule has 0 radical (unpaired) electrons. The smallest absolute Gasteiger partial charge is 0.121 e. The van der Waals surface area contributed by atoms with E-state index in [9.17, 15) is 0 Å². The maximum Gasteiger partial charge on any atom is 0.121 e. The van der Waals surface area contributed by atoms with E-state index in [1.54, 1.807) is 7.11 Å². The van der Waals surface area contributed by atoms with Crippen molar-refractivity contribution in [2.24, 2.45) is 5.92 Å². The number of unbranched alkanes of at least 4 members (excludes halogenated alkanes) is 1. The molecule has 0 aliphatic carbocycles. The predicted octanol–water partition coefficient (Wildman–Crippen LogP) is 4.98. The van der Waals surface area contributed by atoms with Gasteiger partial charge >= 0.3 is 0 Å². The van der Waals surface area contributed by atoms with Gasteiger partial charge in [-0.1, -0.05) is 44.7 Å². The van der Waals surface area contributed by atoms with Crippen LogP contribution in [0.3, 0.4) is 0 Å². The van der Waals surface area contributed by atoms with Gasteiger partial charge in [-0.05, 0) is 24.5 Å². The quantitative estimate of drug-likeness (QED) is 0.719. The highest BCUT2D eigenvalue weighted by Crippen LogP contribution is 2.27. The van der Waals surface area contributed by atoms with E-state index in [0.29, 0.717) is 5.92 Å². The molecule has 0 heterocycles. The minimum Gasteiger partial charge on any atom is -0.497 e. The molecule has 0 aliphatic rings. The second-order valence-corrected chi connectivity index (χ2v) is 5.05. The lowest BCUT2D eigenvalue weighted by molar-refractivity contribution is 0.415. The maximum atomic E-state index is 6.17. The van der Waals surface area contributed by atoms with Crippen molar-refractivity contribution < 1.29 is 4.74 Å². The summed E-state index contributed by atoms with van der Waals surface area (Å²) in [5.74, 6) is 1.55. The molecule has 2 nitrogen and oxygen atoms in total. The molecule has 0 aromatic heterocycles. The number of nitrogens with one attached hydrogen (secondary N) is 1. The standard InChI is InChI=1S/C15H24ClNO/c1-4-6-7-12(5-2)11-17-15-10-13(18-3)8-9-14(15)16/h8-10,12,17H,4-7,11H2,1-3H3. The van der Waals surface area contributed by atoms with Gasteiger partial charge in [0.05, 0.1) is 17.8 Å². The number of methoxy groups -OCH3 is 1. The van der Waals surface area contributed by atoms with Gasteiger partial charge < -0.3 is 10.1 Å². The fourth-order valence-corrected chi connectivity index (χ4v) is 2.15. The first-order valence-corrected chi connectivity index (χ1v) is 7.16. The van der Waals surface area contributed by atoms with Crippen LogP contribution in [-0.2, 0) is 0 Å². The molecule has 1 aromatic rings. The molecular weight excluding hydrogens is 246 g/mol. The zero-order valence-electron chi connectivity index (χ0n) is 11.6. The van der Waals surface area contributed by atoms with E-state index in [4.69, 9.17) is 16.3 Å². The summed E-state index contributed by atoms with van der Waals surface area (Å²) < 4.78 is 5.21. The minimum absolute atomic E-state index is 0.715. The van der Waals surface area contributed by atoms with Crippen molar-refractivity contribution in [1.29, 1.82) is 0 Å².